The minimum atomic E-state index is 0.225. The molecule has 0 spiro atoms. The first-order valence-corrected chi connectivity index (χ1v) is 6.90. The van der Waals surface area contributed by atoms with Gasteiger partial charge in [-0.15, -0.1) is 0 Å². The lowest BCUT2D eigenvalue weighted by atomic mass is 10.00. The third-order valence-corrected chi connectivity index (χ3v) is 3.55. The molecule has 1 aromatic carbocycles. The van der Waals surface area contributed by atoms with Gasteiger partial charge in [0.1, 0.15) is 11.5 Å². The van der Waals surface area contributed by atoms with E-state index in [1.807, 2.05) is 35.3 Å². The summed E-state index contributed by atoms with van der Waals surface area (Å²) < 4.78 is 12.9. The Morgan fingerprint density at radius 1 is 1.50 bits per heavy atom. The van der Waals surface area contributed by atoms with E-state index in [0.717, 1.165) is 42.3 Å². The summed E-state index contributed by atoms with van der Waals surface area (Å²) in [5, 5.41) is 7.81. The Bertz CT molecular complexity index is 595. The molecule has 1 aliphatic heterocycles. The highest BCUT2D eigenvalue weighted by Gasteiger charge is 2.22. The van der Waals surface area contributed by atoms with E-state index in [4.69, 9.17) is 9.47 Å². The highest BCUT2D eigenvalue weighted by molar-refractivity contribution is 5.49. The maximum Gasteiger partial charge on any atom is 0.124 e. The Labute approximate surface area is 118 Å². The van der Waals surface area contributed by atoms with Crippen molar-refractivity contribution in [3.8, 4) is 11.5 Å². The van der Waals surface area contributed by atoms with Crippen molar-refractivity contribution in [3.05, 3.63) is 36.2 Å². The fourth-order valence-electron chi connectivity index (χ4n) is 2.46. The van der Waals surface area contributed by atoms with Crippen LogP contribution in [0.2, 0.25) is 0 Å². The molecule has 1 unspecified atom stereocenters. The lowest BCUT2D eigenvalue weighted by Gasteiger charge is -2.27. The normalized spacial score (nSPS) is 17.2. The van der Waals surface area contributed by atoms with Gasteiger partial charge in [-0.2, -0.15) is 5.10 Å². The predicted octanol–water partition coefficient (Wildman–Crippen LogP) is 2.85. The van der Waals surface area contributed by atoms with Gasteiger partial charge in [0.15, 0.2) is 0 Å². The van der Waals surface area contributed by atoms with Crippen LogP contribution in [0, 0.1) is 0 Å². The van der Waals surface area contributed by atoms with Crippen LogP contribution < -0.4 is 14.8 Å². The van der Waals surface area contributed by atoms with Gasteiger partial charge in [0, 0.05) is 24.7 Å². The number of rotatable bonds is 4. The number of hydrogen-bond donors (Lipinski definition) is 1. The van der Waals surface area contributed by atoms with Crippen molar-refractivity contribution in [2.24, 2.45) is 0 Å². The molecule has 2 heterocycles. The monoisotopic (exact) mass is 273 g/mol. The first kappa shape index (κ1) is 12.8. The molecule has 2 aromatic rings. The number of benzene rings is 1. The number of ether oxygens (including phenoxy) is 2. The molecule has 20 heavy (non-hydrogen) atoms. The second kappa shape index (κ2) is 5.45. The number of hydrogen-bond acceptors (Lipinski definition) is 4. The molecule has 0 aliphatic carbocycles. The van der Waals surface area contributed by atoms with Crippen molar-refractivity contribution < 1.29 is 9.47 Å². The molecular weight excluding hydrogens is 254 g/mol. The molecule has 1 atom stereocenters. The molecule has 0 bridgehead atoms. The number of fused-ring (bicyclic) bond motifs is 1. The van der Waals surface area contributed by atoms with E-state index in [9.17, 15) is 0 Å². The van der Waals surface area contributed by atoms with Crippen LogP contribution in [-0.2, 0) is 6.54 Å². The summed E-state index contributed by atoms with van der Waals surface area (Å²) in [6.45, 7) is 3.67. The minimum absolute atomic E-state index is 0.225. The first-order chi connectivity index (χ1) is 9.80. The van der Waals surface area contributed by atoms with E-state index in [0.29, 0.717) is 0 Å². The quantitative estimate of drug-likeness (QED) is 0.930. The summed E-state index contributed by atoms with van der Waals surface area (Å²) in [5.74, 6) is 1.78. The van der Waals surface area contributed by atoms with E-state index in [1.165, 1.54) is 0 Å². The lowest BCUT2D eigenvalue weighted by molar-refractivity contribution is 0.273. The number of methoxy groups -OCH3 is 1. The van der Waals surface area contributed by atoms with Crippen molar-refractivity contribution in [1.29, 1.82) is 0 Å². The maximum absolute atomic E-state index is 5.70. The van der Waals surface area contributed by atoms with Crippen LogP contribution in [0.5, 0.6) is 11.5 Å². The number of aryl methyl sites for hydroxylation is 1. The van der Waals surface area contributed by atoms with E-state index in [1.54, 1.807) is 7.11 Å². The SMILES string of the molecule is CCn1cc(NC2CCOc3ccc(OC)cc32)cn1. The lowest BCUT2D eigenvalue weighted by Crippen LogP contribution is -2.20. The molecule has 0 saturated heterocycles. The second-order valence-electron chi connectivity index (χ2n) is 4.82. The molecule has 1 aromatic heterocycles. The fourth-order valence-corrected chi connectivity index (χ4v) is 2.46. The molecule has 0 amide bonds. The number of nitrogens with one attached hydrogen (secondary N) is 1. The van der Waals surface area contributed by atoms with Gasteiger partial charge in [-0.25, -0.2) is 0 Å². The third kappa shape index (κ3) is 2.43. The summed E-state index contributed by atoms with van der Waals surface area (Å²) in [6, 6.07) is 6.16. The van der Waals surface area contributed by atoms with Crippen LogP contribution in [0.4, 0.5) is 5.69 Å². The zero-order chi connectivity index (χ0) is 13.9. The summed E-state index contributed by atoms with van der Waals surface area (Å²) in [4.78, 5) is 0. The highest BCUT2D eigenvalue weighted by atomic mass is 16.5. The van der Waals surface area contributed by atoms with Gasteiger partial charge in [-0.3, -0.25) is 4.68 Å². The average molecular weight is 273 g/mol. The molecule has 1 aliphatic rings. The van der Waals surface area contributed by atoms with Crippen molar-refractivity contribution in [2.75, 3.05) is 19.0 Å². The Morgan fingerprint density at radius 2 is 2.40 bits per heavy atom. The van der Waals surface area contributed by atoms with Gasteiger partial charge in [0.25, 0.3) is 0 Å². The Hall–Kier alpha value is -2.17. The van der Waals surface area contributed by atoms with Gasteiger partial charge in [0.05, 0.1) is 31.6 Å². The fraction of sp³-hybridized carbons (Fsp3) is 0.400. The van der Waals surface area contributed by atoms with Crippen molar-refractivity contribution >= 4 is 5.69 Å². The summed E-state index contributed by atoms with van der Waals surface area (Å²) in [5.41, 5.74) is 2.17. The van der Waals surface area contributed by atoms with Crippen molar-refractivity contribution in [3.63, 3.8) is 0 Å². The standard InChI is InChI=1S/C15H19N3O2/c1-3-18-10-11(9-16-18)17-14-6-7-20-15-5-4-12(19-2)8-13(14)15/h4-5,8-10,14,17H,3,6-7H2,1-2H3. The smallest absolute Gasteiger partial charge is 0.124 e. The topological polar surface area (TPSA) is 48.3 Å². The van der Waals surface area contributed by atoms with E-state index < -0.39 is 0 Å². The highest BCUT2D eigenvalue weighted by Crippen LogP contribution is 2.36. The molecule has 1 N–H and O–H groups in total. The molecule has 5 heteroatoms. The molecule has 0 fully saturated rings. The van der Waals surface area contributed by atoms with Crippen LogP contribution in [0.1, 0.15) is 24.9 Å². The first-order valence-electron chi connectivity index (χ1n) is 6.90. The second-order valence-corrected chi connectivity index (χ2v) is 4.82. The molecule has 3 rings (SSSR count). The van der Waals surface area contributed by atoms with Crippen LogP contribution >= 0.6 is 0 Å². The van der Waals surface area contributed by atoms with Gasteiger partial charge in [-0.1, -0.05) is 0 Å². The predicted molar refractivity (Wildman–Crippen MR) is 77.4 cm³/mol. The molecular formula is C15H19N3O2. The number of nitrogens with zero attached hydrogens (tertiary/aromatic N) is 2. The van der Waals surface area contributed by atoms with Crippen LogP contribution in [0.15, 0.2) is 30.6 Å². The van der Waals surface area contributed by atoms with Crippen LogP contribution in [0.3, 0.4) is 0 Å². The summed E-state index contributed by atoms with van der Waals surface area (Å²) >= 11 is 0. The molecule has 0 saturated carbocycles. The van der Waals surface area contributed by atoms with Crippen molar-refractivity contribution in [1.82, 2.24) is 9.78 Å². The number of aromatic nitrogens is 2. The van der Waals surface area contributed by atoms with Crippen molar-refractivity contribution in [2.45, 2.75) is 25.9 Å². The minimum Gasteiger partial charge on any atom is -0.497 e. The van der Waals surface area contributed by atoms with Gasteiger partial charge >= 0.3 is 0 Å². The van der Waals surface area contributed by atoms with Crippen LogP contribution in [0.25, 0.3) is 0 Å². The number of anilines is 1. The maximum atomic E-state index is 5.70. The molecule has 5 nitrogen and oxygen atoms in total. The largest absolute Gasteiger partial charge is 0.497 e. The van der Waals surface area contributed by atoms with E-state index >= 15 is 0 Å². The van der Waals surface area contributed by atoms with E-state index in [2.05, 4.69) is 17.3 Å². The Morgan fingerprint density at radius 3 is 3.15 bits per heavy atom. The average Bonchev–Trinajstić information content (AvgIpc) is 2.95. The van der Waals surface area contributed by atoms with Gasteiger partial charge in [-0.05, 0) is 25.1 Å². The zero-order valence-electron chi connectivity index (χ0n) is 11.8. The van der Waals surface area contributed by atoms with E-state index in [-0.39, 0.29) is 6.04 Å². The van der Waals surface area contributed by atoms with Gasteiger partial charge < -0.3 is 14.8 Å². The molecule has 106 valence electrons. The zero-order valence-corrected chi connectivity index (χ0v) is 11.8. The summed E-state index contributed by atoms with van der Waals surface area (Å²) in [6.07, 6.45) is 4.81. The third-order valence-electron chi connectivity index (χ3n) is 3.55. The van der Waals surface area contributed by atoms with Gasteiger partial charge in [0.2, 0.25) is 0 Å². The molecule has 0 radical (unpaired) electrons. The Kier molecular flexibility index (Phi) is 3.50. The van der Waals surface area contributed by atoms with Crippen LogP contribution in [-0.4, -0.2) is 23.5 Å². The summed E-state index contributed by atoms with van der Waals surface area (Å²) in [7, 11) is 1.68. The Balaban J connectivity index is 1.85.